The fraction of sp³-hybridized carbons (Fsp3) is 0.238. The van der Waals surface area contributed by atoms with Gasteiger partial charge in [-0.3, -0.25) is 0 Å². The lowest BCUT2D eigenvalue weighted by molar-refractivity contribution is 0.866. The van der Waals surface area contributed by atoms with Gasteiger partial charge in [0, 0.05) is 18.8 Å². The molecule has 0 saturated carbocycles. The maximum Gasteiger partial charge on any atom is 0.0366 e. The summed E-state index contributed by atoms with van der Waals surface area (Å²) in [5.74, 6) is 0. The highest BCUT2D eigenvalue weighted by atomic mass is 15.1. The number of allylic oxidation sites excluding steroid dienone is 2. The van der Waals surface area contributed by atoms with Crippen molar-refractivity contribution in [2.24, 2.45) is 0 Å². The number of benzene rings is 2. The molecule has 0 fully saturated rings. The Morgan fingerprint density at radius 3 is 1.64 bits per heavy atom. The molecule has 0 radical (unpaired) electrons. The van der Waals surface area contributed by atoms with Gasteiger partial charge in [0.15, 0.2) is 0 Å². The Bertz CT molecular complexity index is 614. The van der Waals surface area contributed by atoms with E-state index in [1.165, 1.54) is 22.4 Å². The molecule has 2 rings (SSSR count). The van der Waals surface area contributed by atoms with Crippen LogP contribution >= 0.6 is 0 Å². The zero-order valence-electron chi connectivity index (χ0n) is 13.8. The molecule has 2 aromatic carbocycles. The lowest BCUT2D eigenvalue weighted by Gasteiger charge is -2.20. The average molecular weight is 291 g/mol. The van der Waals surface area contributed by atoms with E-state index >= 15 is 0 Å². The number of aryl methyl sites for hydroxylation is 1. The van der Waals surface area contributed by atoms with E-state index in [-0.39, 0.29) is 0 Å². The molecule has 1 nitrogen and oxygen atoms in total. The van der Waals surface area contributed by atoms with Crippen LogP contribution < -0.4 is 4.90 Å². The quantitative estimate of drug-likeness (QED) is 0.629. The largest absolute Gasteiger partial charge is 0.372 e. The molecule has 2 aromatic rings. The van der Waals surface area contributed by atoms with Crippen LogP contribution in [0.25, 0.3) is 12.2 Å². The summed E-state index contributed by atoms with van der Waals surface area (Å²) < 4.78 is 0. The highest BCUT2D eigenvalue weighted by Gasteiger charge is 1.99. The molecule has 1 heteroatoms. The van der Waals surface area contributed by atoms with Crippen molar-refractivity contribution in [2.45, 2.75) is 20.8 Å². The van der Waals surface area contributed by atoms with Crippen molar-refractivity contribution in [2.75, 3.05) is 18.0 Å². The van der Waals surface area contributed by atoms with Crippen LogP contribution in [0.15, 0.2) is 60.7 Å². The van der Waals surface area contributed by atoms with Gasteiger partial charge in [0.05, 0.1) is 0 Å². The molecule has 22 heavy (non-hydrogen) atoms. The molecule has 0 bridgehead atoms. The fourth-order valence-electron chi connectivity index (χ4n) is 2.40. The van der Waals surface area contributed by atoms with Crippen LogP contribution in [0.5, 0.6) is 0 Å². The van der Waals surface area contributed by atoms with E-state index in [1.54, 1.807) is 0 Å². The van der Waals surface area contributed by atoms with E-state index in [1.807, 2.05) is 0 Å². The summed E-state index contributed by atoms with van der Waals surface area (Å²) >= 11 is 0. The summed E-state index contributed by atoms with van der Waals surface area (Å²) in [5.41, 5.74) is 5.04. The van der Waals surface area contributed by atoms with Crippen molar-refractivity contribution in [3.63, 3.8) is 0 Å². The first-order valence-corrected chi connectivity index (χ1v) is 7.99. The summed E-state index contributed by atoms with van der Waals surface area (Å²) in [6.07, 6.45) is 8.44. The third-order valence-electron chi connectivity index (χ3n) is 3.79. The van der Waals surface area contributed by atoms with Crippen molar-refractivity contribution in [1.29, 1.82) is 0 Å². The van der Waals surface area contributed by atoms with E-state index in [4.69, 9.17) is 0 Å². The van der Waals surface area contributed by atoms with Gasteiger partial charge in [-0.1, -0.05) is 66.3 Å². The Labute approximate surface area is 134 Å². The second-order valence-electron chi connectivity index (χ2n) is 5.39. The van der Waals surface area contributed by atoms with Crippen molar-refractivity contribution in [3.05, 3.63) is 77.4 Å². The molecule has 0 atom stereocenters. The van der Waals surface area contributed by atoms with Crippen molar-refractivity contribution in [1.82, 2.24) is 0 Å². The third kappa shape index (κ3) is 4.63. The summed E-state index contributed by atoms with van der Waals surface area (Å²) in [7, 11) is 0. The summed E-state index contributed by atoms with van der Waals surface area (Å²) in [6.45, 7) is 8.57. The Balaban J connectivity index is 1.97. The molecule has 114 valence electrons. The Morgan fingerprint density at radius 1 is 0.727 bits per heavy atom. The highest BCUT2D eigenvalue weighted by Crippen LogP contribution is 2.15. The molecule has 0 aliphatic rings. The predicted molar refractivity (Wildman–Crippen MR) is 99.3 cm³/mol. The number of hydrogen-bond donors (Lipinski definition) is 0. The van der Waals surface area contributed by atoms with Crippen molar-refractivity contribution in [3.8, 4) is 0 Å². The van der Waals surface area contributed by atoms with Crippen LogP contribution in [-0.2, 0) is 0 Å². The van der Waals surface area contributed by atoms with E-state index in [0.29, 0.717) is 0 Å². The second kappa shape index (κ2) is 8.23. The molecule has 0 unspecified atom stereocenters. The maximum absolute atomic E-state index is 2.35. The molecule has 0 N–H and O–H groups in total. The number of hydrogen-bond acceptors (Lipinski definition) is 1. The SMILES string of the molecule is CCN(CC)c1ccc(/C=C/C=C/c2ccc(C)cc2)cc1. The minimum atomic E-state index is 1.05. The zero-order valence-corrected chi connectivity index (χ0v) is 13.8. The molecule has 0 spiro atoms. The second-order valence-corrected chi connectivity index (χ2v) is 5.39. The van der Waals surface area contributed by atoms with Crippen LogP contribution in [0.4, 0.5) is 5.69 Å². The van der Waals surface area contributed by atoms with Gasteiger partial charge in [0.1, 0.15) is 0 Å². The maximum atomic E-state index is 2.35. The molecule has 0 amide bonds. The van der Waals surface area contributed by atoms with Crippen LogP contribution in [0, 0.1) is 6.92 Å². The standard InChI is InChI=1S/C21H25N/c1-4-22(5-2)21-16-14-20(15-17-21)9-7-6-8-19-12-10-18(3)11-13-19/h6-17H,4-5H2,1-3H3/b8-6+,9-7+. The topological polar surface area (TPSA) is 3.24 Å². The molecular weight excluding hydrogens is 266 g/mol. The normalized spacial score (nSPS) is 11.4. The summed E-state index contributed by atoms with van der Waals surface area (Å²) in [6, 6.07) is 17.3. The van der Waals surface area contributed by atoms with Gasteiger partial charge >= 0.3 is 0 Å². The predicted octanol–water partition coefficient (Wildman–Crippen LogP) is 5.57. The van der Waals surface area contributed by atoms with E-state index in [0.717, 1.165) is 13.1 Å². The average Bonchev–Trinajstić information content (AvgIpc) is 2.56. The molecule has 0 aliphatic heterocycles. The van der Waals surface area contributed by atoms with Gasteiger partial charge in [0.2, 0.25) is 0 Å². The van der Waals surface area contributed by atoms with E-state index in [9.17, 15) is 0 Å². The van der Waals surface area contributed by atoms with Crippen LogP contribution in [0.1, 0.15) is 30.5 Å². The summed E-state index contributed by atoms with van der Waals surface area (Å²) in [4.78, 5) is 2.35. The molecule has 0 aromatic heterocycles. The van der Waals surface area contributed by atoms with Crippen LogP contribution in [0.2, 0.25) is 0 Å². The summed E-state index contributed by atoms with van der Waals surface area (Å²) in [5, 5.41) is 0. The van der Waals surface area contributed by atoms with Crippen LogP contribution in [-0.4, -0.2) is 13.1 Å². The fourth-order valence-corrected chi connectivity index (χ4v) is 2.40. The van der Waals surface area contributed by atoms with Crippen LogP contribution in [0.3, 0.4) is 0 Å². The number of nitrogens with zero attached hydrogens (tertiary/aromatic N) is 1. The van der Waals surface area contributed by atoms with Gasteiger partial charge in [0.25, 0.3) is 0 Å². The Hall–Kier alpha value is -2.28. The van der Waals surface area contributed by atoms with Crippen molar-refractivity contribution >= 4 is 17.8 Å². The van der Waals surface area contributed by atoms with E-state index in [2.05, 4.69) is 98.5 Å². The zero-order chi connectivity index (χ0) is 15.8. The first-order valence-electron chi connectivity index (χ1n) is 7.99. The number of rotatable bonds is 6. The number of anilines is 1. The minimum absolute atomic E-state index is 1.05. The molecule has 0 heterocycles. The molecule has 0 aliphatic carbocycles. The van der Waals surface area contributed by atoms with Gasteiger partial charge in [-0.05, 0) is 44.0 Å². The van der Waals surface area contributed by atoms with E-state index < -0.39 is 0 Å². The monoisotopic (exact) mass is 291 g/mol. The Kier molecular flexibility index (Phi) is 6.02. The first-order chi connectivity index (χ1) is 10.7. The molecule has 0 saturated heterocycles. The lowest BCUT2D eigenvalue weighted by Crippen LogP contribution is -2.21. The molecular formula is C21H25N. The third-order valence-corrected chi connectivity index (χ3v) is 3.79. The Morgan fingerprint density at radius 2 is 1.18 bits per heavy atom. The first kappa shape index (κ1) is 16.1. The van der Waals surface area contributed by atoms with Gasteiger partial charge in [-0.2, -0.15) is 0 Å². The minimum Gasteiger partial charge on any atom is -0.372 e. The highest BCUT2D eigenvalue weighted by molar-refractivity contribution is 5.59. The van der Waals surface area contributed by atoms with Gasteiger partial charge in [-0.25, -0.2) is 0 Å². The smallest absolute Gasteiger partial charge is 0.0366 e. The van der Waals surface area contributed by atoms with Gasteiger partial charge < -0.3 is 4.90 Å². The van der Waals surface area contributed by atoms with Crippen molar-refractivity contribution < 1.29 is 0 Å². The van der Waals surface area contributed by atoms with Gasteiger partial charge in [-0.15, -0.1) is 0 Å². The lowest BCUT2D eigenvalue weighted by atomic mass is 10.1.